The summed E-state index contributed by atoms with van der Waals surface area (Å²) in [7, 11) is 3.43. The molecule has 0 spiro atoms. The van der Waals surface area contributed by atoms with Gasteiger partial charge in [0.1, 0.15) is 18.5 Å². The molecule has 2 aromatic rings. The maximum Gasteiger partial charge on any atom is 0.191 e. The number of nitrogens with zero attached hydrogens (tertiary/aromatic N) is 1. The molecule has 1 unspecified atom stereocenters. The fourth-order valence-electron chi connectivity index (χ4n) is 2.83. The van der Waals surface area contributed by atoms with Crippen molar-refractivity contribution >= 4 is 5.96 Å². The molecule has 0 bridgehead atoms. The van der Waals surface area contributed by atoms with Crippen LogP contribution in [0, 0.1) is 6.92 Å². The lowest BCUT2D eigenvalue weighted by atomic mass is 10.1. The Morgan fingerprint density at radius 1 is 1.19 bits per heavy atom. The number of aryl methyl sites for hydroxylation is 1. The molecule has 6 heteroatoms. The molecule has 138 valence electrons. The van der Waals surface area contributed by atoms with Crippen molar-refractivity contribution in [3.8, 4) is 17.2 Å². The third-order valence-corrected chi connectivity index (χ3v) is 4.21. The number of guanidine groups is 1. The highest BCUT2D eigenvalue weighted by Crippen LogP contribution is 2.30. The van der Waals surface area contributed by atoms with E-state index in [2.05, 4.69) is 21.7 Å². The summed E-state index contributed by atoms with van der Waals surface area (Å²) in [5.74, 6) is 3.19. The number of ether oxygens (including phenoxy) is 3. The second kappa shape index (κ2) is 8.47. The van der Waals surface area contributed by atoms with E-state index in [0.717, 1.165) is 34.3 Å². The first-order valence-electron chi connectivity index (χ1n) is 8.66. The molecule has 1 aliphatic rings. The van der Waals surface area contributed by atoms with Crippen molar-refractivity contribution in [3.05, 3.63) is 53.6 Å². The van der Waals surface area contributed by atoms with E-state index in [1.54, 1.807) is 14.2 Å². The van der Waals surface area contributed by atoms with Crippen LogP contribution < -0.4 is 24.8 Å². The van der Waals surface area contributed by atoms with Crippen LogP contribution in [-0.2, 0) is 6.54 Å². The highest BCUT2D eigenvalue weighted by molar-refractivity contribution is 5.79. The molecule has 1 atom stereocenters. The van der Waals surface area contributed by atoms with Crippen LogP contribution in [0.5, 0.6) is 17.2 Å². The Balaban J connectivity index is 1.49. The Hall–Kier alpha value is -2.89. The maximum absolute atomic E-state index is 5.95. The van der Waals surface area contributed by atoms with Crippen LogP contribution in [0.15, 0.2) is 47.5 Å². The molecule has 0 radical (unpaired) electrons. The standard InChI is InChI=1S/C20H25N3O3/c1-14-10-15(8-9-17(14)24-3)11-22-20(21-2)23-12-16-13-25-18-6-4-5-7-19(18)26-16/h4-10,16H,11-13H2,1-3H3,(H2,21,22,23). The van der Waals surface area contributed by atoms with Gasteiger partial charge in [0.05, 0.1) is 13.7 Å². The van der Waals surface area contributed by atoms with Crippen molar-refractivity contribution in [2.24, 2.45) is 4.99 Å². The van der Waals surface area contributed by atoms with Gasteiger partial charge in [-0.25, -0.2) is 0 Å². The Bertz CT molecular complexity index is 777. The number of aliphatic imine (C=N–C) groups is 1. The molecule has 3 rings (SSSR count). The van der Waals surface area contributed by atoms with E-state index in [-0.39, 0.29) is 6.10 Å². The normalized spacial score (nSPS) is 16.1. The van der Waals surface area contributed by atoms with E-state index in [1.165, 1.54) is 0 Å². The van der Waals surface area contributed by atoms with Gasteiger partial charge in [-0.15, -0.1) is 0 Å². The van der Waals surface area contributed by atoms with Gasteiger partial charge in [0.2, 0.25) is 0 Å². The zero-order valence-corrected chi connectivity index (χ0v) is 15.4. The minimum Gasteiger partial charge on any atom is -0.496 e. The lowest BCUT2D eigenvalue weighted by molar-refractivity contribution is 0.0936. The zero-order valence-electron chi connectivity index (χ0n) is 15.4. The fourth-order valence-corrected chi connectivity index (χ4v) is 2.83. The predicted octanol–water partition coefficient (Wildman–Crippen LogP) is 2.51. The minimum absolute atomic E-state index is 0.0633. The predicted molar refractivity (Wildman–Crippen MR) is 102 cm³/mol. The zero-order chi connectivity index (χ0) is 18.4. The summed E-state index contributed by atoms with van der Waals surface area (Å²) in [5, 5.41) is 6.60. The number of methoxy groups -OCH3 is 1. The molecule has 0 saturated carbocycles. The number of fused-ring (bicyclic) bond motifs is 1. The SMILES string of the molecule is CN=C(NCc1ccc(OC)c(C)c1)NCC1COc2ccccc2O1. The van der Waals surface area contributed by atoms with Gasteiger partial charge < -0.3 is 24.8 Å². The van der Waals surface area contributed by atoms with Gasteiger partial charge in [0.25, 0.3) is 0 Å². The van der Waals surface area contributed by atoms with Gasteiger partial charge in [-0.3, -0.25) is 4.99 Å². The summed E-state index contributed by atoms with van der Waals surface area (Å²) >= 11 is 0. The second-order valence-corrected chi connectivity index (χ2v) is 6.11. The van der Waals surface area contributed by atoms with Crippen molar-refractivity contribution in [2.45, 2.75) is 19.6 Å². The monoisotopic (exact) mass is 355 g/mol. The van der Waals surface area contributed by atoms with Crippen LogP contribution >= 0.6 is 0 Å². The molecule has 2 N–H and O–H groups in total. The van der Waals surface area contributed by atoms with Crippen LogP contribution in [0.2, 0.25) is 0 Å². The molecule has 0 aromatic heterocycles. The Morgan fingerprint density at radius 3 is 2.73 bits per heavy atom. The number of hydrogen-bond donors (Lipinski definition) is 2. The van der Waals surface area contributed by atoms with Gasteiger partial charge >= 0.3 is 0 Å². The molecular weight excluding hydrogens is 330 g/mol. The highest BCUT2D eigenvalue weighted by Gasteiger charge is 2.20. The molecule has 6 nitrogen and oxygen atoms in total. The average molecular weight is 355 g/mol. The lowest BCUT2D eigenvalue weighted by Gasteiger charge is -2.27. The van der Waals surface area contributed by atoms with E-state index in [4.69, 9.17) is 14.2 Å². The molecule has 0 saturated heterocycles. The summed E-state index contributed by atoms with van der Waals surface area (Å²) in [4.78, 5) is 4.26. The van der Waals surface area contributed by atoms with E-state index < -0.39 is 0 Å². The summed E-state index contributed by atoms with van der Waals surface area (Å²) in [6, 6.07) is 13.8. The molecule has 1 aliphatic heterocycles. The number of hydrogen-bond acceptors (Lipinski definition) is 4. The first-order valence-corrected chi connectivity index (χ1v) is 8.66. The number of nitrogens with one attached hydrogen (secondary N) is 2. The van der Waals surface area contributed by atoms with E-state index >= 15 is 0 Å². The van der Waals surface area contributed by atoms with Crippen LogP contribution in [0.4, 0.5) is 0 Å². The number of rotatable bonds is 5. The van der Waals surface area contributed by atoms with Crippen molar-refractivity contribution in [3.63, 3.8) is 0 Å². The van der Waals surface area contributed by atoms with Crippen LogP contribution in [-0.4, -0.2) is 39.4 Å². The van der Waals surface area contributed by atoms with Crippen molar-refractivity contribution in [2.75, 3.05) is 27.3 Å². The second-order valence-electron chi connectivity index (χ2n) is 6.11. The van der Waals surface area contributed by atoms with Gasteiger partial charge in [-0.2, -0.15) is 0 Å². The lowest BCUT2D eigenvalue weighted by Crippen LogP contribution is -2.45. The summed E-state index contributed by atoms with van der Waals surface area (Å²) < 4.78 is 17.0. The third-order valence-electron chi connectivity index (χ3n) is 4.21. The highest BCUT2D eigenvalue weighted by atomic mass is 16.6. The summed E-state index contributed by atoms with van der Waals surface area (Å²) in [6.45, 7) is 3.83. The van der Waals surface area contributed by atoms with Gasteiger partial charge in [-0.1, -0.05) is 24.3 Å². The number of benzene rings is 2. The third kappa shape index (κ3) is 4.39. The van der Waals surface area contributed by atoms with E-state index in [0.29, 0.717) is 19.7 Å². The number of para-hydroxylation sites is 2. The van der Waals surface area contributed by atoms with Gasteiger partial charge in [-0.05, 0) is 36.2 Å². The molecule has 0 amide bonds. The largest absolute Gasteiger partial charge is 0.496 e. The van der Waals surface area contributed by atoms with Crippen molar-refractivity contribution < 1.29 is 14.2 Å². The van der Waals surface area contributed by atoms with E-state index in [1.807, 2.05) is 43.3 Å². The first kappa shape index (κ1) is 17.9. The van der Waals surface area contributed by atoms with Crippen LogP contribution in [0.25, 0.3) is 0 Å². The topological polar surface area (TPSA) is 64.1 Å². The smallest absolute Gasteiger partial charge is 0.191 e. The molecule has 26 heavy (non-hydrogen) atoms. The van der Waals surface area contributed by atoms with Gasteiger partial charge in [0, 0.05) is 13.6 Å². The molecular formula is C20H25N3O3. The molecule has 0 aliphatic carbocycles. The maximum atomic E-state index is 5.95. The van der Waals surface area contributed by atoms with Crippen LogP contribution in [0.3, 0.4) is 0 Å². The summed E-state index contributed by atoms with van der Waals surface area (Å²) in [5.41, 5.74) is 2.28. The Labute approximate surface area is 154 Å². The van der Waals surface area contributed by atoms with Crippen molar-refractivity contribution in [1.82, 2.24) is 10.6 Å². The Kier molecular flexibility index (Phi) is 5.84. The minimum atomic E-state index is -0.0633. The molecule has 0 fully saturated rings. The molecule has 2 aromatic carbocycles. The first-order chi connectivity index (χ1) is 12.7. The summed E-state index contributed by atoms with van der Waals surface area (Å²) in [6.07, 6.45) is -0.0633. The van der Waals surface area contributed by atoms with Gasteiger partial charge in [0.15, 0.2) is 17.5 Å². The molecule has 1 heterocycles. The quantitative estimate of drug-likeness (QED) is 0.637. The van der Waals surface area contributed by atoms with Crippen molar-refractivity contribution in [1.29, 1.82) is 0 Å². The average Bonchev–Trinajstić information content (AvgIpc) is 2.68. The fraction of sp³-hybridized carbons (Fsp3) is 0.350. The van der Waals surface area contributed by atoms with Crippen LogP contribution in [0.1, 0.15) is 11.1 Å². The Morgan fingerprint density at radius 2 is 2.00 bits per heavy atom. The van der Waals surface area contributed by atoms with E-state index in [9.17, 15) is 0 Å².